The summed E-state index contributed by atoms with van der Waals surface area (Å²) < 4.78 is 82.6. The second-order valence-electron chi connectivity index (χ2n) is 9.61. The van der Waals surface area contributed by atoms with Gasteiger partial charge in [0.15, 0.2) is 0 Å². The van der Waals surface area contributed by atoms with Crippen LogP contribution in [0.4, 0.5) is 26.3 Å². The van der Waals surface area contributed by atoms with Crippen molar-refractivity contribution in [2.24, 2.45) is 0 Å². The molecule has 0 atom stereocenters. The molecule has 208 valence electrons. The van der Waals surface area contributed by atoms with E-state index in [2.05, 4.69) is 5.32 Å². The molecular formula is C32H27F6NO. The summed E-state index contributed by atoms with van der Waals surface area (Å²) in [6.07, 6.45) is -8.39. The Morgan fingerprint density at radius 1 is 0.575 bits per heavy atom. The lowest BCUT2D eigenvalue weighted by atomic mass is 9.76. The van der Waals surface area contributed by atoms with Crippen molar-refractivity contribution in [1.29, 1.82) is 0 Å². The fourth-order valence-electron chi connectivity index (χ4n) is 4.78. The molecule has 4 rings (SSSR count). The molecule has 0 aliphatic carbocycles. The first-order valence-corrected chi connectivity index (χ1v) is 12.7. The first-order valence-electron chi connectivity index (χ1n) is 12.7. The van der Waals surface area contributed by atoms with Crippen LogP contribution in [0.15, 0.2) is 109 Å². The van der Waals surface area contributed by atoms with E-state index in [0.717, 1.165) is 29.8 Å². The highest BCUT2D eigenvalue weighted by molar-refractivity contribution is 5.78. The van der Waals surface area contributed by atoms with Gasteiger partial charge in [0.05, 0.1) is 16.7 Å². The van der Waals surface area contributed by atoms with Crippen LogP contribution in [0.5, 0.6) is 0 Å². The van der Waals surface area contributed by atoms with Gasteiger partial charge in [0.25, 0.3) is 0 Å². The molecule has 0 aliphatic rings. The molecule has 0 saturated carbocycles. The molecule has 0 aromatic heterocycles. The van der Waals surface area contributed by atoms with Crippen LogP contribution in [0.2, 0.25) is 0 Å². The second kappa shape index (κ2) is 12.0. The molecule has 0 heterocycles. The molecule has 4 aromatic rings. The summed E-state index contributed by atoms with van der Waals surface area (Å²) >= 11 is 0. The number of amides is 1. The van der Waals surface area contributed by atoms with Crippen molar-refractivity contribution >= 4 is 5.91 Å². The molecule has 0 bridgehead atoms. The zero-order chi connectivity index (χ0) is 28.8. The lowest BCUT2D eigenvalue weighted by Crippen LogP contribution is -2.48. The zero-order valence-electron chi connectivity index (χ0n) is 21.4. The van der Waals surface area contributed by atoms with Crippen LogP contribution in [0, 0.1) is 0 Å². The fourth-order valence-corrected chi connectivity index (χ4v) is 4.78. The van der Waals surface area contributed by atoms with Crippen LogP contribution in [-0.2, 0) is 35.5 Å². The largest absolute Gasteiger partial charge is 0.416 e. The van der Waals surface area contributed by atoms with Gasteiger partial charge in [0.2, 0.25) is 5.91 Å². The highest BCUT2D eigenvalue weighted by Gasteiger charge is 2.40. The van der Waals surface area contributed by atoms with E-state index in [-0.39, 0.29) is 24.0 Å². The SMILES string of the molecule is O=C(CCCc1ccccc1)NC(Cc1ccccc1)(c1cccc(C(F)(F)F)c1)c1cccc(C(F)(F)F)c1. The molecule has 0 fully saturated rings. The molecular weight excluding hydrogens is 528 g/mol. The van der Waals surface area contributed by atoms with Crippen molar-refractivity contribution in [3.63, 3.8) is 0 Å². The fraction of sp³-hybridized carbons (Fsp3) is 0.219. The van der Waals surface area contributed by atoms with Gasteiger partial charge in [-0.1, -0.05) is 84.9 Å². The van der Waals surface area contributed by atoms with E-state index < -0.39 is 34.9 Å². The Morgan fingerprint density at radius 3 is 1.50 bits per heavy atom. The maximum atomic E-state index is 13.8. The third-order valence-electron chi connectivity index (χ3n) is 6.74. The topological polar surface area (TPSA) is 29.1 Å². The smallest absolute Gasteiger partial charge is 0.342 e. The Labute approximate surface area is 228 Å². The average Bonchev–Trinajstić information content (AvgIpc) is 2.93. The normalized spacial score (nSPS) is 12.2. The minimum absolute atomic E-state index is 0.0295. The maximum absolute atomic E-state index is 13.8. The van der Waals surface area contributed by atoms with E-state index in [9.17, 15) is 31.1 Å². The lowest BCUT2D eigenvalue weighted by Gasteiger charge is -2.37. The molecule has 8 heteroatoms. The Morgan fingerprint density at radius 2 is 1.02 bits per heavy atom. The summed E-state index contributed by atoms with van der Waals surface area (Å²) in [6.45, 7) is 0. The number of aryl methyl sites for hydroxylation is 1. The molecule has 0 aliphatic heterocycles. The molecule has 4 aromatic carbocycles. The Bertz CT molecular complexity index is 1360. The third kappa shape index (κ3) is 7.11. The van der Waals surface area contributed by atoms with Crippen molar-refractivity contribution in [2.75, 3.05) is 0 Å². The third-order valence-corrected chi connectivity index (χ3v) is 6.74. The van der Waals surface area contributed by atoms with E-state index in [1.807, 2.05) is 30.3 Å². The van der Waals surface area contributed by atoms with E-state index in [1.54, 1.807) is 30.3 Å². The molecule has 0 radical (unpaired) electrons. The summed E-state index contributed by atoms with van der Waals surface area (Å²) in [6, 6.07) is 26.9. The van der Waals surface area contributed by atoms with Crippen molar-refractivity contribution in [3.05, 3.63) is 143 Å². The van der Waals surface area contributed by atoms with E-state index >= 15 is 0 Å². The standard InChI is InChI=1S/C32H27F6NO/c33-31(34,35)27-17-8-15-25(20-27)30(22-24-12-5-2-6-13-24,26-16-9-18-28(21-26)32(36,37)38)39-29(40)19-7-14-23-10-3-1-4-11-23/h1-6,8-13,15-18,20-21H,7,14,19,22H2,(H,39,40). The van der Waals surface area contributed by atoms with Gasteiger partial charge < -0.3 is 5.32 Å². The van der Waals surface area contributed by atoms with E-state index in [0.29, 0.717) is 18.4 Å². The first-order chi connectivity index (χ1) is 19.0. The second-order valence-corrected chi connectivity index (χ2v) is 9.61. The van der Waals surface area contributed by atoms with Gasteiger partial charge in [-0.25, -0.2) is 0 Å². The Hall–Kier alpha value is -4.07. The predicted octanol–water partition coefficient (Wildman–Crippen LogP) is 8.35. The van der Waals surface area contributed by atoms with Crippen molar-refractivity contribution in [1.82, 2.24) is 5.32 Å². The van der Waals surface area contributed by atoms with Crippen LogP contribution in [0.25, 0.3) is 0 Å². The van der Waals surface area contributed by atoms with Crippen molar-refractivity contribution in [3.8, 4) is 0 Å². The summed E-state index contributed by atoms with van der Waals surface area (Å²) in [4.78, 5) is 13.4. The van der Waals surface area contributed by atoms with Gasteiger partial charge in [-0.3, -0.25) is 4.79 Å². The minimum Gasteiger partial charge on any atom is -0.342 e. The zero-order valence-corrected chi connectivity index (χ0v) is 21.4. The van der Waals surface area contributed by atoms with Gasteiger partial charge in [0.1, 0.15) is 0 Å². The van der Waals surface area contributed by atoms with Gasteiger partial charge in [0, 0.05) is 12.8 Å². The summed E-state index contributed by atoms with van der Waals surface area (Å²) in [7, 11) is 0. The first kappa shape index (κ1) is 28.9. The maximum Gasteiger partial charge on any atom is 0.416 e. The molecule has 0 saturated heterocycles. The number of rotatable bonds is 9. The molecule has 2 nitrogen and oxygen atoms in total. The van der Waals surface area contributed by atoms with Gasteiger partial charge in [-0.2, -0.15) is 26.3 Å². The molecule has 1 N–H and O–H groups in total. The summed E-state index contributed by atoms with van der Waals surface area (Å²) in [5, 5.41) is 2.88. The number of benzene rings is 4. The molecule has 0 spiro atoms. The quantitative estimate of drug-likeness (QED) is 0.207. The molecule has 0 unspecified atom stereocenters. The van der Waals surface area contributed by atoms with Gasteiger partial charge in [-0.05, 0) is 59.4 Å². The number of hydrogen-bond donors (Lipinski definition) is 1. The Kier molecular flexibility index (Phi) is 8.67. The van der Waals surface area contributed by atoms with Crippen molar-refractivity contribution < 1.29 is 31.1 Å². The minimum atomic E-state index is -4.69. The number of alkyl halides is 6. The van der Waals surface area contributed by atoms with Gasteiger partial charge >= 0.3 is 12.4 Å². The lowest BCUT2D eigenvalue weighted by molar-refractivity contribution is -0.138. The number of carbonyl (C=O) groups is 1. The number of hydrogen-bond acceptors (Lipinski definition) is 1. The van der Waals surface area contributed by atoms with Crippen LogP contribution < -0.4 is 5.32 Å². The summed E-state index contributed by atoms with van der Waals surface area (Å²) in [5.41, 5.74) is -1.94. The van der Waals surface area contributed by atoms with E-state index in [1.165, 1.54) is 24.3 Å². The van der Waals surface area contributed by atoms with Crippen LogP contribution in [0.1, 0.15) is 46.2 Å². The average molecular weight is 556 g/mol. The van der Waals surface area contributed by atoms with E-state index in [4.69, 9.17) is 0 Å². The number of halogens is 6. The molecule has 1 amide bonds. The monoisotopic (exact) mass is 555 g/mol. The predicted molar refractivity (Wildman–Crippen MR) is 141 cm³/mol. The highest BCUT2D eigenvalue weighted by atomic mass is 19.4. The van der Waals surface area contributed by atoms with Gasteiger partial charge in [-0.15, -0.1) is 0 Å². The van der Waals surface area contributed by atoms with Crippen LogP contribution in [-0.4, -0.2) is 5.91 Å². The Balaban J connectivity index is 1.82. The van der Waals surface area contributed by atoms with Crippen LogP contribution >= 0.6 is 0 Å². The molecule has 40 heavy (non-hydrogen) atoms. The van der Waals surface area contributed by atoms with Crippen LogP contribution in [0.3, 0.4) is 0 Å². The van der Waals surface area contributed by atoms with Crippen molar-refractivity contribution in [2.45, 2.75) is 43.6 Å². The number of nitrogens with one attached hydrogen (secondary N) is 1. The highest BCUT2D eigenvalue weighted by Crippen LogP contribution is 2.39. The summed E-state index contributed by atoms with van der Waals surface area (Å²) in [5.74, 6) is -0.485. The number of carbonyl (C=O) groups excluding carboxylic acids is 1.